The van der Waals surface area contributed by atoms with Crippen molar-refractivity contribution in [2.75, 3.05) is 65.9 Å². The number of aliphatic hydroxyl groups is 9. The number of likely N-dealkylation sites (tertiary alicyclic amines) is 1. The van der Waals surface area contributed by atoms with E-state index >= 15 is 0 Å². The molecule has 1 aromatic rings. The summed E-state index contributed by atoms with van der Waals surface area (Å²) in [6.45, 7) is 13.2. The second kappa shape index (κ2) is 61.1. The van der Waals surface area contributed by atoms with Crippen LogP contribution < -0.4 is 107 Å². The van der Waals surface area contributed by atoms with Gasteiger partial charge in [-0.1, -0.05) is 109 Å². The van der Waals surface area contributed by atoms with Crippen LogP contribution >= 0.6 is 0 Å². The summed E-state index contributed by atoms with van der Waals surface area (Å²) in [6.07, 6.45) is -3.14. The van der Waals surface area contributed by atoms with Crippen LogP contribution in [0.15, 0.2) is 24.3 Å². The smallest absolute Gasteiger partial charge is 0.328 e. The fourth-order valence-electron chi connectivity index (χ4n) is 13.8. The monoisotopic (exact) mass is 2000 g/mol. The SMILES string of the molecule is CC(C)C[C@H](NC(=O)CNC(=O)[C@H](CO)NC(=O)[C@H](CO)NC(=O)[C@H](CCC(N)=O)NC(=O)[C@H](CC(C)C)NC(=O)[C@@H](N)C(C)C)C(=O)N[C@@H](Cc1ccc(O)cc1)C(=O)N[C@@H](CO)C(=O)N[C@@H](CC(C)C)C(=O)N[C@@H](CO)C(=O)N[C@@H](CO)C(=O)N[C@H](C(=O)N[C@H](C(=O)N[C@H](C(=O)N[C@H](C(=O)N1CCC[C@H]1C(=O)N[C@@H](CO)C(=O)N[C@@H](CO)C(=O)N[C@@H](CO)C(=O)O)C(C)C)[C@@H](C)O)C(C)C)C(C)C. The van der Waals surface area contributed by atoms with Crippen molar-refractivity contribution in [3.05, 3.63) is 29.8 Å². The van der Waals surface area contributed by atoms with Gasteiger partial charge in [0.25, 0.3) is 0 Å². The Morgan fingerprint density at radius 2 is 0.650 bits per heavy atom. The molecule has 1 aromatic carbocycles. The van der Waals surface area contributed by atoms with E-state index in [0.717, 1.165) is 11.8 Å². The van der Waals surface area contributed by atoms with Crippen LogP contribution in [0, 0.1) is 41.4 Å². The number of rotatable bonds is 62. The topological polar surface area (TPSA) is 853 Å². The molecule has 53 nitrogen and oxygen atoms in total. The summed E-state index contributed by atoms with van der Waals surface area (Å²) in [5.41, 5.74) is 11.6. The van der Waals surface area contributed by atoms with Crippen molar-refractivity contribution in [2.45, 2.75) is 276 Å². The Kier molecular flexibility index (Phi) is 54.0. The summed E-state index contributed by atoms with van der Waals surface area (Å²) >= 11 is 0. The Balaban J connectivity index is 2.31. The molecule has 790 valence electrons. The number of carboxylic acids is 1. The van der Waals surface area contributed by atoms with E-state index in [-0.39, 0.29) is 61.8 Å². The predicted molar refractivity (Wildman–Crippen MR) is 493 cm³/mol. The number of nitrogens with zero attached hydrogens (tertiary/aromatic N) is 1. The van der Waals surface area contributed by atoms with Gasteiger partial charge in [-0.05, 0) is 105 Å². The molecule has 53 heteroatoms. The third kappa shape index (κ3) is 41.1. The molecule has 1 aliphatic heterocycles. The first-order valence-electron chi connectivity index (χ1n) is 45.8. The van der Waals surface area contributed by atoms with Crippen LogP contribution in [0.3, 0.4) is 0 Å². The molecule has 20 amide bonds. The Morgan fingerprint density at radius 3 is 1.01 bits per heavy atom. The van der Waals surface area contributed by atoms with Crippen LogP contribution in [-0.4, -0.2) is 372 Å². The van der Waals surface area contributed by atoms with Crippen LogP contribution in [0.4, 0.5) is 0 Å². The molecule has 1 aliphatic rings. The molecule has 0 aliphatic carbocycles. The standard InChI is InChI=1S/C87H145N21O32/c1-38(2)25-49(91-63(120)29-90-69(121)53(30-109)96-76(128)55(32-111)97-70(122)48(22-23-62(88)119)92-72(124)51(27-40(5)6)95-82(134)64(89)41(7)8)71(123)94-52(28-46-18-20-47(118)21-19-46)74(126)99-54(31-110)75(127)93-50(26-39(3)4)73(125)98-56(33-112)77(129)101-59(36-115)80(132)104-65(42(9)10)83(135)105-66(43(11)12)84(136)107-68(45(15)117)85(137)106-67(44(13)14)86(138)108-24-16-17-61(108)81(133)102-58(35-114)78(130)100-57(34-113)79(131)103-60(37-116)87(139)140/h18-21,38-45,48-61,64-68,109-118H,16-17,22-37,89H2,1-15H3,(H2,88,119)(H,90,121)(H,91,120)(H,92,124)(H,93,127)(H,94,123)(H,95,134)(H,96,128)(H,97,122)(H,98,125)(H,99,126)(H,100,130)(H,101,129)(H,102,133)(H,103,131)(H,104,132)(H,105,135)(H,106,137)(H,107,136)(H,139,140)/t45-,48+,49+,50+,51+,52+,53+,54+,55+,56+,57+,58+,59+,60+,61+,64+,65+,66+,67+,68+/m1/s1. The lowest BCUT2D eigenvalue weighted by molar-refractivity contribution is -0.144. The van der Waals surface area contributed by atoms with Crippen molar-refractivity contribution >= 4 is 124 Å². The molecule has 140 heavy (non-hydrogen) atoms. The molecule has 33 N–H and O–H groups in total. The Labute approximate surface area is 808 Å². The summed E-state index contributed by atoms with van der Waals surface area (Å²) in [6, 6.07) is -26.5. The van der Waals surface area contributed by atoms with Crippen molar-refractivity contribution in [2.24, 2.45) is 52.9 Å². The molecule has 1 fully saturated rings. The normalized spacial score (nSPS) is 16.6. The van der Waals surface area contributed by atoms with Crippen LogP contribution in [-0.2, 0) is 107 Å². The lowest BCUT2D eigenvalue weighted by atomic mass is 9.98. The first-order valence-corrected chi connectivity index (χ1v) is 45.8. The number of hydrogen-bond acceptors (Lipinski definition) is 32. The number of carbonyl (C=O) groups is 21. The second-order valence-electron chi connectivity index (χ2n) is 36.5. The van der Waals surface area contributed by atoms with E-state index in [0.29, 0.717) is 0 Å². The highest BCUT2D eigenvalue weighted by Crippen LogP contribution is 2.23. The largest absolute Gasteiger partial charge is 0.508 e. The minimum absolute atomic E-state index is 0.00549. The Bertz CT molecular complexity index is 4370. The third-order valence-corrected chi connectivity index (χ3v) is 21.9. The third-order valence-electron chi connectivity index (χ3n) is 21.9. The second-order valence-corrected chi connectivity index (χ2v) is 36.5. The zero-order valence-electron chi connectivity index (χ0n) is 81.2. The maximum atomic E-state index is 14.4. The van der Waals surface area contributed by atoms with E-state index in [2.05, 4.69) is 90.4 Å². The molecule has 1 heterocycles. The average Bonchev–Trinajstić information content (AvgIpc) is 1.74. The Hall–Kier alpha value is -12.5. The number of carboxylic acid groups (broad SMARTS) is 1. The van der Waals surface area contributed by atoms with Gasteiger partial charge in [-0.2, -0.15) is 0 Å². The number of nitrogens with two attached hydrogens (primary N) is 2. The predicted octanol–water partition coefficient (Wildman–Crippen LogP) is -13.0. The quantitative estimate of drug-likeness (QED) is 0.0288. The van der Waals surface area contributed by atoms with Crippen LogP contribution in [0.5, 0.6) is 5.75 Å². The van der Waals surface area contributed by atoms with Crippen molar-refractivity contribution in [3.63, 3.8) is 0 Å². The molecule has 0 unspecified atom stereocenters. The highest BCUT2D eigenvalue weighted by molar-refractivity contribution is 6.02. The van der Waals surface area contributed by atoms with E-state index in [1.807, 2.05) is 5.32 Å². The van der Waals surface area contributed by atoms with E-state index < -0.39 is 353 Å². The number of amides is 20. The Morgan fingerprint density at radius 1 is 0.350 bits per heavy atom. The van der Waals surface area contributed by atoms with Crippen molar-refractivity contribution in [3.8, 4) is 5.75 Å². The number of primary amides is 1. The zero-order chi connectivity index (χ0) is 107. The lowest BCUT2D eigenvalue weighted by Crippen LogP contribution is -2.64. The number of aromatic hydroxyl groups is 1. The molecule has 0 spiro atoms. The molecule has 2 rings (SSSR count). The van der Waals surface area contributed by atoms with Gasteiger partial charge >= 0.3 is 5.97 Å². The van der Waals surface area contributed by atoms with Gasteiger partial charge in [0.2, 0.25) is 118 Å². The van der Waals surface area contributed by atoms with Crippen molar-refractivity contribution < 1.29 is 157 Å². The molecule has 0 radical (unpaired) electrons. The molecule has 0 saturated carbocycles. The van der Waals surface area contributed by atoms with E-state index in [9.17, 15) is 157 Å². The fourth-order valence-corrected chi connectivity index (χ4v) is 13.8. The van der Waals surface area contributed by atoms with Gasteiger partial charge in [-0.25, -0.2) is 4.79 Å². The molecule has 1 saturated heterocycles. The zero-order valence-corrected chi connectivity index (χ0v) is 81.2. The summed E-state index contributed by atoms with van der Waals surface area (Å²) < 4.78 is 0. The summed E-state index contributed by atoms with van der Waals surface area (Å²) in [4.78, 5) is 287. The van der Waals surface area contributed by atoms with E-state index in [1.165, 1.54) is 65.8 Å². The highest BCUT2D eigenvalue weighted by atomic mass is 16.4. The average molecular weight is 2000 g/mol. The minimum Gasteiger partial charge on any atom is -0.508 e. The molecule has 0 aromatic heterocycles. The number of hydrogen-bond donors (Lipinski definition) is 31. The first kappa shape index (κ1) is 124. The van der Waals surface area contributed by atoms with E-state index in [4.69, 9.17) is 11.5 Å². The van der Waals surface area contributed by atoms with Crippen LogP contribution in [0.1, 0.15) is 154 Å². The van der Waals surface area contributed by atoms with Crippen molar-refractivity contribution in [1.29, 1.82) is 0 Å². The maximum absolute atomic E-state index is 14.4. The molecule has 0 bridgehead atoms. The van der Waals surface area contributed by atoms with Gasteiger partial charge in [0, 0.05) is 19.4 Å². The number of nitrogens with one attached hydrogen (secondary N) is 18. The maximum Gasteiger partial charge on any atom is 0.328 e. The van der Waals surface area contributed by atoms with Gasteiger partial charge in [0.05, 0.1) is 71.5 Å². The summed E-state index contributed by atoms with van der Waals surface area (Å²) in [5, 5.41) is 153. The number of phenolic OH excluding ortho intramolecular Hbond substituents is 1. The lowest BCUT2D eigenvalue weighted by Gasteiger charge is -2.33. The van der Waals surface area contributed by atoms with Gasteiger partial charge in [0.1, 0.15) is 115 Å². The molecular formula is C87H145N21O32. The fraction of sp³-hybridized carbons (Fsp3) is 0.690. The van der Waals surface area contributed by atoms with Gasteiger partial charge < -0.3 is 168 Å². The molecule has 20 atom stereocenters. The van der Waals surface area contributed by atoms with Gasteiger partial charge in [-0.15, -0.1) is 0 Å². The number of aliphatic carboxylic acids is 1. The number of carbonyl (C=O) groups excluding carboxylic acids is 20. The first-order chi connectivity index (χ1) is 65.5. The minimum atomic E-state index is -1.98. The highest BCUT2D eigenvalue weighted by Gasteiger charge is 2.45. The van der Waals surface area contributed by atoms with E-state index in [1.54, 1.807) is 55.4 Å². The molecular weight excluding hydrogens is 1850 g/mol. The van der Waals surface area contributed by atoms with Gasteiger partial charge in [-0.3, -0.25) is 95.9 Å². The summed E-state index contributed by atoms with van der Waals surface area (Å²) in [7, 11) is 0. The van der Waals surface area contributed by atoms with Gasteiger partial charge in [0.15, 0.2) is 0 Å². The number of aliphatic hydroxyl groups excluding tert-OH is 9. The van der Waals surface area contributed by atoms with Crippen molar-refractivity contribution in [1.82, 2.24) is 101 Å². The number of phenols is 1. The van der Waals surface area contributed by atoms with Crippen LogP contribution in [0.2, 0.25) is 0 Å². The number of benzene rings is 1. The summed E-state index contributed by atoms with van der Waals surface area (Å²) in [5.74, 6) is -27.5. The van der Waals surface area contributed by atoms with Crippen LogP contribution in [0.25, 0.3) is 0 Å².